The van der Waals surface area contributed by atoms with E-state index in [1.807, 2.05) is 0 Å². The maximum atomic E-state index is 5.83. The van der Waals surface area contributed by atoms with Crippen molar-refractivity contribution in [2.45, 2.75) is 5.88 Å². The highest BCUT2D eigenvalue weighted by Gasteiger charge is 2.05. The number of halogens is 3. The van der Waals surface area contributed by atoms with Crippen LogP contribution in [-0.4, -0.2) is 10.2 Å². The Morgan fingerprint density at radius 2 is 2.00 bits per heavy atom. The molecule has 1 heterocycles. The summed E-state index contributed by atoms with van der Waals surface area (Å²) in [4.78, 5) is 0. The summed E-state index contributed by atoms with van der Waals surface area (Å²) in [6.45, 7) is 0. The number of rotatable bonds is 3. The zero-order chi connectivity index (χ0) is 12.3. The number of alkyl halides is 1. The summed E-state index contributed by atoms with van der Waals surface area (Å²) >= 11 is 14.8. The molecule has 0 saturated carbocycles. The van der Waals surface area contributed by atoms with E-state index in [2.05, 4.69) is 26.1 Å². The van der Waals surface area contributed by atoms with E-state index in [0.717, 1.165) is 4.47 Å². The molecule has 0 bridgehead atoms. The van der Waals surface area contributed by atoms with E-state index in [4.69, 9.17) is 27.9 Å². The molecule has 0 aliphatic heterocycles. The topological polar surface area (TPSA) is 35.0 Å². The summed E-state index contributed by atoms with van der Waals surface area (Å²) in [5.74, 6) is 1.36. The lowest BCUT2D eigenvalue weighted by molar-refractivity contribution is 0.451. The van der Waals surface area contributed by atoms with E-state index < -0.39 is 0 Å². The van der Waals surface area contributed by atoms with Crippen molar-refractivity contribution in [3.05, 3.63) is 45.5 Å². The molecule has 1 aromatic heterocycles. The monoisotopic (exact) mass is 332 g/mol. The van der Waals surface area contributed by atoms with Crippen LogP contribution >= 0.6 is 39.1 Å². The lowest BCUT2D eigenvalue weighted by atomic mass is 10.3. The Bertz CT molecular complexity index is 519. The molecule has 0 aliphatic carbocycles. The van der Waals surface area contributed by atoms with Gasteiger partial charge in [0.1, 0.15) is 5.75 Å². The first-order chi connectivity index (χ1) is 8.19. The zero-order valence-corrected chi connectivity index (χ0v) is 11.6. The second-order valence-corrected chi connectivity index (χ2v) is 4.73. The average Bonchev–Trinajstić information content (AvgIpc) is 2.34. The third-order valence-corrected chi connectivity index (χ3v) is 3.07. The van der Waals surface area contributed by atoms with Crippen LogP contribution < -0.4 is 4.74 Å². The van der Waals surface area contributed by atoms with Gasteiger partial charge >= 0.3 is 0 Å². The minimum Gasteiger partial charge on any atom is -0.436 e. The van der Waals surface area contributed by atoms with Crippen LogP contribution in [0.4, 0.5) is 0 Å². The van der Waals surface area contributed by atoms with E-state index in [1.54, 1.807) is 30.3 Å². The molecule has 1 aromatic carbocycles. The number of aromatic nitrogens is 2. The summed E-state index contributed by atoms with van der Waals surface area (Å²) in [6.07, 6.45) is 0. The number of hydrogen-bond donors (Lipinski definition) is 0. The molecule has 0 fully saturated rings. The molecule has 0 unspecified atom stereocenters. The molecule has 0 amide bonds. The molecule has 0 spiro atoms. The van der Waals surface area contributed by atoms with E-state index in [9.17, 15) is 0 Å². The molecular weight excluding hydrogens is 327 g/mol. The minimum absolute atomic E-state index is 0.331. The molecule has 17 heavy (non-hydrogen) atoms. The Morgan fingerprint density at radius 3 is 2.59 bits per heavy atom. The number of hydrogen-bond acceptors (Lipinski definition) is 3. The highest BCUT2D eigenvalue weighted by molar-refractivity contribution is 9.10. The molecule has 88 valence electrons. The van der Waals surface area contributed by atoms with Crippen molar-refractivity contribution in [2.75, 3.05) is 0 Å². The summed E-state index contributed by atoms with van der Waals surface area (Å²) in [6, 6.07) is 8.72. The molecule has 0 saturated heterocycles. The Kier molecular flexibility index (Phi) is 4.20. The van der Waals surface area contributed by atoms with Gasteiger partial charge < -0.3 is 4.74 Å². The highest BCUT2D eigenvalue weighted by Crippen LogP contribution is 2.30. The number of ether oxygens (including phenoxy) is 1. The lowest BCUT2D eigenvalue weighted by Gasteiger charge is -2.06. The largest absolute Gasteiger partial charge is 0.436 e. The standard InChI is InChI=1S/C11H7BrCl2N2O/c12-9-5-7(14)1-3-10(9)17-11-4-2-8(6-13)15-16-11/h1-5H,6H2. The van der Waals surface area contributed by atoms with Gasteiger partial charge in [0, 0.05) is 11.1 Å². The fourth-order valence-electron chi connectivity index (χ4n) is 1.14. The van der Waals surface area contributed by atoms with E-state index in [1.165, 1.54) is 0 Å². The van der Waals surface area contributed by atoms with Gasteiger partial charge in [-0.2, -0.15) is 5.10 Å². The van der Waals surface area contributed by atoms with Crippen molar-refractivity contribution in [2.24, 2.45) is 0 Å². The predicted octanol–water partition coefficient (Wildman–Crippen LogP) is 4.42. The lowest BCUT2D eigenvalue weighted by Crippen LogP contribution is -1.93. The third-order valence-electron chi connectivity index (χ3n) is 1.94. The molecular formula is C11H7BrCl2N2O. The van der Waals surface area contributed by atoms with Crippen LogP contribution in [0.1, 0.15) is 5.69 Å². The van der Waals surface area contributed by atoms with Gasteiger partial charge in [0.25, 0.3) is 0 Å². The molecule has 6 heteroatoms. The maximum absolute atomic E-state index is 5.83. The summed E-state index contributed by atoms with van der Waals surface area (Å²) in [7, 11) is 0. The quantitative estimate of drug-likeness (QED) is 0.780. The Labute approximate surface area is 117 Å². The van der Waals surface area contributed by atoms with Crippen LogP contribution in [0.25, 0.3) is 0 Å². The van der Waals surface area contributed by atoms with Gasteiger partial charge in [-0.25, -0.2) is 0 Å². The van der Waals surface area contributed by atoms with Gasteiger partial charge in [-0.05, 0) is 40.2 Å². The van der Waals surface area contributed by atoms with Crippen molar-refractivity contribution in [1.82, 2.24) is 10.2 Å². The van der Waals surface area contributed by atoms with Gasteiger partial charge in [-0.1, -0.05) is 11.6 Å². The second-order valence-electron chi connectivity index (χ2n) is 3.17. The van der Waals surface area contributed by atoms with E-state index in [-0.39, 0.29) is 0 Å². The fraction of sp³-hybridized carbons (Fsp3) is 0.0909. The van der Waals surface area contributed by atoms with Crippen molar-refractivity contribution < 1.29 is 4.74 Å². The Hall–Kier alpha value is -0.840. The zero-order valence-electron chi connectivity index (χ0n) is 8.53. The van der Waals surface area contributed by atoms with Gasteiger partial charge in [0.05, 0.1) is 16.0 Å². The molecule has 0 atom stereocenters. The Morgan fingerprint density at radius 1 is 1.18 bits per heavy atom. The van der Waals surface area contributed by atoms with E-state index in [0.29, 0.717) is 28.2 Å². The maximum Gasteiger partial charge on any atom is 0.238 e. The van der Waals surface area contributed by atoms with Crippen molar-refractivity contribution in [3.8, 4) is 11.6 Å². The summed E-state index contributed by atoms with van der Waals surface area (Å²) in [5, 5.41) is 8.42. The van der Waals surface area contributed by atoms with Crippen molar-refractivity contribution in [3.63, 3.8) is 0 Å². The first-order valence-electron chi connectivity index (χ1n) is 4.70. The summed E-state index contributed by atoms with van der Waals surface area (Å²) in [5.41, 5.74) is 0.703. The minimum atomic E-state index is 0.331. The van der Waals surface area contributed by atoms with Crippen LogP contribution in [0.5, 0.6) is 11.6 Å². The predicted molar refractivity (Wildman–Crippen MR) is 70.8 cm³/mol. The van der Waals surface area contributed by atoms with Gasteiger partial charge in [0.2, 0.25) is 5.88 Å². The van der Waals surface area contributed by atoms with Gasteiger partial charge in [-0.3, -0.25) is 0 Å². The molecule has 2 rings (SSSR count). The average molecular weight is 334 g/mol. The smallest absolute Gasteiger partial charge is 0.238 e. The van der Waals surface area contributed by atoms with Crippen LogP contribution in [0.3, 0.4) is 0 Å². The van der Waals surface area contributed by atoms with Crippen LogP contribution in [0.2, 0.25) is 5.02 Å². The second kappa shape index (κ2) is 5.67. The van der Waals surface area contributed by atoms with Gasteiger partial charge in [0.15, 0.2) is 0 Å². The highest BCUT2D eigenvalue weighted by atomic mass is 79.9. The molecule has 2 aromatic rings. The van der Waals surface area contributed by atoms with E-state index >= 15 is 0 Å². The van der Waals surface area contributed by atoms with Crippen molar-refractivity contribution >= 4 is 39.1 Å². The normalized spacial score (nSPS) is 10.3. The number of benzene rings is 1. The first-order valence-corrected chi connectivity index (χ1v) is 6.41. The molecule has 0 aliphatic rings. The molecule has 0 N–H and O–H groups in total. The van der Waals surface area contributed by atoms with Crippen molar-refractivity contribution in [1.29, 1.82) is 0 Å². The fourth-order valence-corrected chi connectivity index (χ4v) is 2.05. The SMILES string of the molecule is ClCc1ccc(Oc2ccc(Cl)cc2Br)nn1. The van der Waals surface area contributed by atoms with Crippen LogP contribution in [-0.2, 0) is 5.88 Å². The molecule has 3 nitrogen and oxygen atoms in total. The molecule has 0 radical (unpaired) electrons. The summed E-state index contributed by atoms with van der Waals surface area (Å²) < 4.78 is 6.30. The number of nitrogens with zero attached hydrogens (tertiary/aromatic N) is 2. The Balaban J connectivity index is 2.19. The van der Waals surface area contributed by atoms with Gasteiger partial charge in [-0.15, -0.1) is 16.7 Å². The van der Waals surface area contributed by atoms with Crippen LogP contribution in [0, 0.1) is 0 Å². The first kappa shape index (κ1) is 12.6. The third kappa shape index (κ3) is 3.31. The van der Waals surface area contributed by atoms with Crippen LogP contribution in [0.15, 0.2) is 34.8 Å².